The van der Waals surface area contributed by atoms with Gasteiger partial charge in [0.05, 0.1) is 17.9 Å². The van der Waals surface area contributed by atoms with E-state index in [1.54, 1.807) is 12.4 Å². The summed E-state index contributed by atoms with van der Waals surface area (Å²) in [6, 6.07) is 1.83. The summed E-state index contributed by atoms with van der Waals surface area (Å²) in [5, 5.41) is 4.66. The molecule has 4 rings (SSSR count). The van der Waals surface area contributed by atoms with Gasteiger partial charge in [0.1, 0.15) is 0 Å². The van der Waals surface area contributed by atoms with Crippen molar-refractivity contribution in [1.29, 1.82) is 0 Å². The Kier molecular flexibility index (Phi) is 4.73. The lowest BCUT2D eigenvalue weighted by Crippen LogP contribution is -2.51. The smallest absolute Gasteiger partial charge is 0.225 e. The van der Waals surface area contributed by atoms with Gasteiger partial charge in [-0.2, -0.15) is 5.10 Å². The molecule has 1 fully saturated rings. The highest BCUT2D eigenvalue weighted by Crippen LogP contribution is 2.24. The molecule has 0 radical (unpaired) electrons. The van der Waals surface area contributed by atoms with Crippen molar-refractivity contribution in [2.45, 2.75) is 32.2 Å². The van der Waals surface area contributed by atoms with Gasteiger partial charge in [0.2, 0.25) is 5.95 Å². The number of nitrogens with zero attached hydrogens (tertiary/aromatic N) is 7. The van der Waals surface area contributed by atoms with Crippen LogP contribution in [0.5, 0.6) is 0 Å². The fraction of sp³-hybridized carbons (Fsp3) is 0.556. The van der Waals surface area contributed by atoms with E-state index in [1.165, 1.54) is 29.8 Å². The van der Waals surface area contributed by atoms with Crippen molar-refractivity contribution in [2.75, 3.05) is 31.1 Å². The summed E-state index contributed by atoms with van der Waals surface area (Å²) in [6.45, 7) is 3.96. The summed E-state index contributed by atoms with van der Waals surface area (Å²) >= 11 is 0. The molecule has 0 spiro atoms. The van der Waals surface area contributed by atoms with Crippen LogP contribution in [-0.4, -0.2) is 56.8 Å². The van der Waals surface area contributed by atoms with Crippen molar-refractivity contribution in [2.24, 2.45) is 17.8 Å². The van der Waals surface area contributed by atoms with Crippen molar-refractivity contribution in [3.8, 4) is 0 Å². The molecule has 0 amide bonds. The molecule has 26 heavy (non-hydrogen) atoms. The van der Waals surface area contributed by atoms with Crippen molar-refractivity contribution in [1.82, 2.24) is 24.6 Å². The highest BCUT2D eigenvalue weighted by Gasteiger charge is 2.21. The molecule has 1 saturated heterocycles. The van der Waals surface area contributed by atoms with Crippen molar-refractivity contribution in [3.05, 3.63) is 35.4 Å². The molecule has 2 N–H and O–H groups in total. The average molecular weight is 354 g/mol. The summed E-state index contributed by atoms with van der Waals surface area (Å²) in [5.74, 6) is 1.40. The van der Waals surface area contributed by atoms with E-state index >= 15 is 0 Å². The molecule has 2 aliphatic rings. The van der Waals surface area contributed by atoms with Crippen LogP contribution in [0.2, 0.25) is 0 Å². The predicted octanol–water partition coefficient (Wildman–Crippen LogP) is 0.726. The first-order valence-electron chi connectivity index (χ1n) is 9.33. The minimum absolute atomic E-state index is 0.604. The van der Waals surface area contributed by atoms with E-state index in [0.29, 0.717) is 12.5 Å². The molecule has 138 valence electrons. The highest BCUT2D eigenvalue weighted by molar-refractivity contribution is 5.78. The zero-order valence-corrected chi connectivity index (χ0v) is 15.3. The molecule has 8 nitrogen and oxygen atoms in total. The number of anilines is 1. The number of aryl methyl sites for hydroxylation is 2. The van der Waals surface area contributed by atoms with E-state index in [9.17, 15) is 0 Å². The molecular weight excluding hydrogens is 328 g/mol. The summed E-state index contributed by atoms with van der Waals surface area (Å²) < 4.78 is 1.98. The third-order valence-electron chi connectivity index (χ3n) is 5.28. The second-order valence-corrected chi connectivity index (χ2v) is 6.90. The van der Waals surface area contributed by atoms with E-state index in [2.05, 4.69) is 29.9 Å². The molecule has 0 saturated carbocycles. The third-order valence-corrected chi connectivity index (χ3v) is 5.28. The van der Waals surface area contributed by atoms with E-state index < -0.39 is 0 Å². The number of guanidine groups is 1. The summed E-state index contributed by atoms with van der Waals surface area (Å²) in [5.41, 5.74) is 10.1. The lowest BCUT2D eigenvalue weighted by atomic mass is 9.96. The number of aliphatic imine (C=N–C) groups is 1. The van der Waals surface area contributed by atoms with Crippen molar-refractivity contribution in [3.63, 3.8) is 0 Å². The van der Waals surface area contributed by atoms with Crippen LogP contribution in [0.4, 0.5) is 5.95 Å². The first-order chi connectivity index (χ1) is 12.7. The van der Waals surface area contributed by atoms with Crippen molar-refractivity contribution >= 4 is 11.9 Å². The van der Waals surface area contributed by atoms with Crippen LogP contribution < -0.4 is 10.6 Å². The van der Waals surface area contributed by atoms with Crippen LogP contribution in [0, 0.1) is 0 Å². The molecule has 8 heteroatoms. The van der Waals surface area contributed by atoms with Crippen LogP contribution >= 0.6 is 0 Å². The molecule has 0 bridgehead atoms. The molecular formula is C18H26N8. The van der Waals surface area contributed by atoms with Crippen LogP contribution in [0.1, 0.15) is 29.8 Å². The zero-order chi connectivity index (χ0) is 17.9. The van der Waals surface area contributed by atoms with Gasteiger partial charge in [-0.25, -0.2) is 15.0 Å². The van der Waals surface area contributed by atoms with Crippen molar-refractivity contribution < 1.29 is 0 Å². The Morgan fingerprint density at radius 3 is 2.62 bits per heavy atom. The third kappa shape index (κ3) is 3.36. The summed E-state index contributed by atoms with van der Waals surface area (Å²) in [7, 11) is 2.01. The quantitative estimate of drug-likeness (QED) is 0.646. The average Bonchev–Trinajstić information content (AvgIpc) is 3.02. The Morgan fingerprint density at radius 2 is 1.85 bits per heavy atom. The standard InChI is InChI=1S/C18H26N8/c1-24-16(14-5-2-3-6-15(14)23-24)13-22-17(19)25-9-11-26(12-10-25)18-20-7-4-8-21-18/h4,7-8H,2-3,5-6,9-13H2,1H3,(H2,19,22). The second-order valence-electron chi connectivity index (χ2n) is 6.90. The topological polar surface area (TPSA) is 88.5 Å². The number of rotatable bonds is 3. The van der Waals surface area contributed by atoms with Gasteiger partial charge < -0.3 is 15.5 Å². The lowest BCUT2D eigenvalue weighted by molar-refractivity contribution is 0.378. The number of hydrogen-bond donors (Lipinski definition) is 1. The second kappa shape index (κ2) is 7.31. The van der Waals surface area contributed by atoms with Gasteiger partial charge >= 0.3 is 0 Å². The van der Waals surface area contributed by atoms with Gasteiger partial charge in [-0.1, -0.05) is 0 Å². The van der Waals surface area contributed by atoms with Gasteiger partial charge in [0, 0.05) is 45.6 Å². The number of aromatic nitrogens is 4. The molecule has 3 heterocycles. The largest absolute Gasteiger partial charge is 0.370 e. The Bertz CT molecular complexity index is 774. The molecule has 1 aliphatic carbocycles. The zero-order valence-electron chi connectivity index (χ0n) is 15.3. The van der Waals surface area contributed by atoms with E-state index in [1.807, 2.05) is 17.8 Å². The van der Waals surface area contributed by atoms with Gasteiger partial charge in [0.15, 0.2) is 5.96 Å². The molecule has 1 aliphatic heterocycles. The minimum Gasteiger partial charge on any atom is -0.370 e. The first-order valence-corrected chi connectivity index (χ1v) is 9.33. The normalized spacial score (nSPS) is 18.1. The maximum Gasteiger partial charge on any atom is 0.225 e. The molecule has 0 atom stereocenters. The predicted molar refractivity (Wildman–Crippen MR) is 101 cm³/mol. The Hall–Kier alpha value is -2.64. The summed E-state index contributed by atoms with van der Waals surface area (Å²) in [6.07, 6.45) is 8.24. The SMILES string of the molecule is Cn1nc2c(c1CN=C(N)N1CCN(c3ncccn3)CC1)CCCC2. The number of hydrogen-bond acceptors (Lipinski definition) is 5. The van der Waals surface area contributed by atoms with Crippen LogP contribution in [0.3, 0.4) is 0 Å². The Labute approximate surface area is 153 Å². The van der Waals surface area contributed by atoms with Crippen LogP contribution in [0.15, 0.2) is 23.5 Å². The monoisotopic (exact) mass is 354 g/mol. The highest BCUT2D eigenvalue weighted by atomic mass is 15.4. The van der Waals surface area contributed by atoms with Gasteiger partial charge in [-0.15, -0.1) is 0 Å². The number of fused-ring (bicyclic) bond motifs is 1. The Balaban J connectivity index is 1.38. The molecule has 2 aromatic heterocycles. The minimum atomic E-state index is 0.604. The number of piperazine rings is 1. The van der Waals surface area contributed by atoms with E-state index in [4.69, 9.17) is 5.73 Å². The van der Waals surface area contributed by atoms with E-state index in [-0.39, 0.29) is 0 Å². The first kappa shape index (κ1) is 16.8. The van der Waals surface area contributed by atoms with Crippen LogP contribution in [-0.2, 0) is 26.4 Å². The number of nitrogens with two attached hydrogens (primary N) is 1. The lowest BCUT2D eigenvalue weighted by Gasteiger charge is -2.35. The summed E-state index contributed by atoms with van der Waals surface area (Å²) in [4.78, 5) is 17.6. The fourth-order valence-corrected chi connectivity index (χ4v) is 3.79. The van der Waals surface area contributed by atoms with Gasteiger partial charge in [-0.05, 0) is 37.3 Å². The molecule has 2 aromatic rings. The fourth-order valence-electron chi connectivity index (χ4n) is 3.79. The Morgan fingerprint density at radius 1 is 1.12 bits per heavy atom. The van der Waals surface area contributed by atoms with E-state index in [0.717, 1.165) is 45.0 Å². The molecule has 0 unspecified atom stereocenters. The maximum absolute atomic E-state index is 6.27. The van der Waals surface area contributed by atoms with Crippen LogP contribution in [0.25, 0.3) is 0 Å². The van der Waals surface area contributed by atoms with Gasteiger partial charge in [0.25, 0.3) is 0 Å². The molecule has 0 aromatic carbocycles. The maximum atomic E-state index is 6.27. The van der Waals surface area contributed by atoms with Gasteiger partial charge in [-0.3, -0.25) is 4.68 Å².